The zero-order valence-electron chi connectivity index (χ0n) is 11.3. The van der Waals surface area contributed by atoms with Gasteiger partial charge in [0.2, 0.25) is 0 Å². The summed E-state index contributed by atoms with van der Waals surface area (Å²) >= 11 is 6.17. The van der Waals surface area contributed by atoms with E-state index in [9.17, 15) is 0 Å². The third-order valence-electron chi connectivity index (χ3n) is 4.04. The van der Waals surface area contributed by atoms with E-state index in [4.69, 9.17) is 11.6 Å². The van der Waals surface area contributed by atoms with Crippen molar-refractivity contribution in [1.82, 2.24) is 10.2 Å². The average Bonchev–Trinajstić information content (AvgIpc) is 2.38. The van der Waals surface area contributed by atoms with E-state index in [2.05, 4.69) is 30.3 Å². The molecule has 1 aliphatic heterocycles. The Bertz CT molecular complexity index is 373. The minimum Gasteiger partial charge on any atom is -0.310 e. The van der Waals surface area contributed by atoms with E-state index >= 15 is 0 Å². The summed E-state index contributed by atoms with van der Waals surface area (Å²) in [7, 11) is 2.21. The summed E-state index contributed by atoms with van der Waals surface area (Å²) < 4.78 is 0. The summed E-state index contributed by atoms with van der Waals surface area (Å²) in [6, 6.07) is 8.64. The highest BCUT2D eigenvalue weighted by Crippen LogP contribution is 2.21. The third-order valence-corrected chi connectivity index (χ3v) is 4.41. The van der Waals surface area contributed by atoms with Crippen LogP contribution in [-0.2, 0) is 6.54 Å². The molecular weight excluding hydrogens is 244 g/mol. The minimum atomic E-state index is 0.565. The van der Waals surface area contributed by atoms with Crippen LogP contribution < -0.4 is 5.32 Å². The van der Waals surface area contributed by atoms with Gasteiger partial charge in [0.1, 0.15) is 0 Å². The molecule has 0 radical (unpaired) electrons. The molecule has 0 amide bonds. The van der Waals surface area contributed by atoms with Gasteiger partial charge in [0.05, 0.1) is 0 Å². The Labute approximate surface area is 115 Å². The van der Waals surface area contributed by atoms with Gasteiger partial charge in [-0.2, -0.15) is 0 Å². The maximum absolute atomic E-state index is 6.17. The molecule has 1 heterocycles. The van der Waals surface area contributed by atoms with Crippen molar-refractivity contribution in [1.29, 1.82) is 0 Å². The molecule has 1 fully saturated rings. The second kappa shape index (κ2) is 6.55. The van der Waals surface area contributed by atoms with Crippen molar-refractivity contribution in [2.75, 3.05) is 20.1 Å². The molecule has 1 aromatic carbocycles. The van der Waals surface area contributed by atoms with Crippen LogP contribution in [0.1, 0.15) is 25.3 Å². The normalized spacial score (nSPS) is 19.9. The fraction of sp³-hybridized carbons (Fsp3) is 0.600. The molecule has 1 saturated heterocycles. The van der Waals surface area contributed by atoms with Crippen molar-refractivity contribution in [3.63, 3.8) is 0 Å². The quantitative estimate of drug-likeness (QED) is 0.901. The van der Waals surface area contributed by atoms with Gasteiger partial charge < -0.3 is 10.2 Å². The second-order valence-electron chi connectivity index (χ2n) is 5.40. The van der Waals surface area contributed by atoms with Crippen molar-refractivity contribution in [2.45, 2.75) is 32.4 Å². The Morgan fingerprint density at radius 1 is 1.33 bits per heavy atom. The molecule has 1 aliphatic rings. The number of likely N-dealkylation sites (tertiary alicyclic amines) is 1. The standard InChI is InChI=1S/C15H23ClN2/c1-12(13-7-9-18(2)10-8-13)17-11-14-5-3-4-6-15(14)16/h3-6,12-13,17H,7-11H2,1-2H3. The van der Waals surface area contributed by atoms with Crippen LogP contribution in [-0.4, -0.2) is 31.1 Å². The summed E-state index contributed by atoms with van der Waals surface area (Å²) in [4.78, 5) is 2.41. The van der Waals surface area contributed by atoms with Crippen LogP contribution in [0.15, 0.2) is 24.3 Å². The van der Waals surface area contributed by atoms with Crippen molar-refractivity contribution < 1.29 is 0 Å². The predicted octanol–water partition coefficient (Wildman–Crippen LogP) is 3.16. The highest BCUT2D eigenvalue weighted by molar-refractivity contribution is 6.31. The van der Waals surface area contributed by atoms with E-state index < -0.39 is 0 Å². The first-order valence-electron chi connectivity index (χ1n) is 6.82. The summed E-state index contributed by atoms with van der Waals surface area (Å²) in [6.07, 6.45) is 2.60. The predicted molar refractivity (Wildman–Crippen MR) is 78.0 cm³/mol. The Kier molecular flexibility index (Phi) is 5.04. The van der Waals surface area contributed by atoms with Crippen LogP contribution in [0.25, 0.3) is 0 Å². The van der Waals surface area contributed by atoms with Crippen molar-refractivity contribution >= 4 is 11.6 Å². The molecule has 1 aromatic rings. The molecule has 18 heavy (non-hydrogen) atoms. The van der Waals surface area contributed by atoms with Gasteiger partial charge in [-0.15, -0.1) is 0 Å². The van der Waals surface area contributed by atoms with E-state index in [-0.39, 0.29) is 0 Å². The number of hydrogen-bond acceptors (Lipinski definition) is 2. The first-order chi connectivity index (χ1) is 8.66. The van der Waals surface area contributed by atoms with Crippen LogP contribution in [0.4, 0.5) is 0 Å². The van der Waals surface area contributed by atoms with E-state index in [1.165, 1.54) is 31.5 Å². The average molecular weight is 267 g/mol. The van der Waals surface area contributed by atoms with Gasteiger partial charge in [-0.3, -0.25) is 0 Å². The van der Waals surface area contributed by atoms with E-state index in [1.54, 1.807) is 0 Å². The molecule has 0 spiro atoms. The number of halogens is 1. The van der Waals surface area contributed by atoms with Crippen LogP contribution in [0.2, 0.25) is 5.02 Å². The number of nitrogens with zero attached hydrogens (tertiary/aromatic N) is 1. The number of nitrogens with one attached hydrogen (secondary N) is 1. The fourth-order valence-corrected chi connectivity index (χ4v) is 2.81. The van der Waals surface area contributed by atoms with E-state index in [0.717, 1.165) is 17.5 Å². The maximum Gasteiger partial charge on any atom is 0.0450 e. The summed E-state index contributed by atoms with van der Waals surface area (Å²) in [5.74, 6) is 0.795. The smallest absolute Gasteiger partial charge is 0.0450 e. The van der Waals surface area contributed by atoms with Gasteiger partial charge in [0, 0.05) is 17.6 Å². The number of benzene rings is 1. The first-order valence-corrected chi connectivity index (χ1v) is 7.20. The highest BCUT2D eigenvalue weighted by atomic mass is 35.5. The number of rotatable bonds is 4. The zero-order valence-corrected chi connectivity index (χ0v) is 12.1. The number of piperidine rings is 1. The number of hydrogen-bond donors (Lipinski definition) is 1. The van der Waals surface area contributed by atoms with E-state index in [0.29, 0.717) is 6.04 Å². The van der Waals surface area contributed by atoms with Gasteiger partial charge >= 0.3 is 0 Å². The second-order valence-corrected chi connectivity index (χ2v) is 5.81. The van der Waals surface area contributed by atoms with Gasteiger partial charge in [-0.25, -0.2) is 0 Å². The molecule has 0 bridgehead atoms. The van der Waals surface area contributed by atoms with Crippen molar-refractivity contribution in [3.05, 3.63) is 34.9 Å². The van der Waals surface area contributed by atoms with Gasteiger partial charge in [-0.05, 0) is 57.5 Å². The minimum absolute atomic E-state index is 0.565. The van der Waals surface area contributed by atoms with Crippen molar-refractivity contribution in [3.8, 4) is 0 Å². The third kappa shape index (κ3) is 3.71. The molecule has 100 valence electrons. The Hall–Kier alpha value is -0.570. The molecule has 1 N–H and O–H groups in total. The molecule has 0 saturated carbocycles. The van der Waals surface area contributed by atoms with Gasteiger partial charge in [0.15, 0.2) is 0 Å². The van der Waals surface area contributed by atoms with Crippen LogP contribution >= 0.6 is 11.6 Å². The lowest BCUT2D eigenvalue weighted by Gasteiger charge is -2.33. The van der Waals surface area contributed by atoms with Crippen LogP contribution in [0, 0.1) is 5.92 Å². The summed E-state index contributed by atoms with van der Waals surface area (Å²) in [5.41, 5.74) is 1.19. The molecule has 1 unspecified atom stereocenters. The van der Waals surface area contributed by atoms with Crippen LogP contribution in [0.5, 0.6) is 0 Å². The van der Waals surface area contributed by atoms with Crippen molar-refractivity contribution in [2.24, 2.45) is 5.92 Å². The Morgan fingerprint density at radius 3 is 2.67 bits per heavy atom. The van der Waals surface area contributed by atoms with Gasteiger partial charge in [-0.1, -0.05) is 29.8 Å². The Balaban J connectivity index is 1.81. The summed E-state index contributed by atoms with van der Waals surface area (Å²) in [6.45, 7) is 5.62. The molecule has 1 atom stereocenters. The van der Waals surface area contributed by atoms with E-state index in [1.807, 2.05) is 18.2 Å². The summed E-state index contributed by atoms with van der Waals surface area (Å²) in [5, 5.41) is 4.48. The monoisotopic (exact) mass is 266 g/mol. The molecular formula is C15H23ClN2. The largest absolute Gasteiger partial charge is 0.310 e. The van der Waals surface area contributed by atoms with Crippen LogP contribution in [0.3, 0.4) is 0 Å². The Morgan fingerprint density at radius 2 is 2.00 bits per heavy atom. The first kappa shape index (κ1) is 13.9. The topological polar surface area (TPSA) is 15.3 Å². The van der Waals surface area contributed by atoms with Gasteiger partial charge in [0.25, 0.3) is 0 Å². The lowest BCUT2D eigenvalue weighted by atomic mass is 9.90. The zero-order chi connectivity index (χ0) is 13.0. The fourth-order valence-electron chi connectivity index (χ4n) is 2.61. The molecule has 0 aliphatic carbocycles. The molecule has 2 nitrogen and oxygen atoms in total. The maximum atomic E-state index is 6.17. The highest BCUT2D eigenvalue weighted by Gasteiger charge is 2.21. The SMILES string of the molecule is CC(NCc1ccccc1Cl)C1CCN(C)CC1. The lowest BCUT2D eigenvalue weighted by molar-refractivity contribution is 0.189. The molecule has 2 rings (SSSR count). The molecule has 3 heteroatoms. The molecule has 0 aromatic heterocycles. The lowest BCUT2D eigenvalue weighted by Crippen LogP contribution is -2.40.